The van der Waals surface area contributed by atoms with Crippen LogP contribution in [0.3, 0.4) is 0 Å². The minimum Gasteiger partial charge on any atom is -0.351 e. The van der Waals surface area contributed by atoms with Crippen LogP contribution in [0.2, 0.25) is 0 Å². The van der Waals surface area contributed by atoms with Crippen molar-refractivity contribution in [2.24, 2.45) is 5.41 Å². The normalized spacial score (nSPS) is 21.6. The van der Waals surface area contributed by atoms with E-state index in [9.17, 15) is 9.59 Å². The summed E-state index contributed by atoms with van der Waals surface area (Å²) in [5, 5.41) is 3.06. The first kappa shape index (κ1) is 18.9. The van der Waals surface area contributed by atoms with Crippen LogP contribution in [0.5, 0.6) is 0 Å². The second-order valence-electron chi connectivity index (χ2n) is 7.82. The van der Waals surface area contributed by atoms with Crippen LogP contribution in [0.1, 0.15) is 45.1 Å². The van der Waals surface area contributed by atoms with Gasteiger partial charge in [-0.25, -0.2) is 0 Å². The molecule has 1 spiro atoms. The van der Waals surface area contributed by atoms with Crippen LogP contribution >= 0.6 is 0 Å². The molecule has 2 saturated heterocycles. The van der Waals surface area contributed by atoms with Crippen molar-refractivity contribution in [3.05, 3.63) is 35.9 Å². The van der Waals surface area contributed by atoms with Gasteiger partial charge in [0.1, 0.15) is 0 Å². The quantitative estimate of drug-likeness (QED) is 0.880. The smallest absolute Gasteiger partial charge is 0.237 e. The van der Waals surface area contributed by atoms with Gasteiger partial charge in [0, 0.05) is 26.1 Å². The predicted molar refractivity (Wildman–Crippen MR) is 102 cm³/mol. The fourth-order valence-electron chi connectivity index (χ4n) is 4.28. The highest BCUT2D eigenvalue weighted by Gasteiger charge is 2.41. The number of carbonyl (C=O) groups is 2. The van der Waals surface area contributed by atoms with E-state index in [4.69, 9.17) is 0 Å². The molecule has 26 heavy (non-hydrogen) atoms. The van der Waals surface area contributed by atoms with E-state index in [2.05, 4.69) is 17.1 Å². The molecule has 2 heterocycles. The SMILES string of the molecule is CCN1CC2(CCC1=O)CCN(C(C)C(=O)NCc1ccccc1)CC2. The number of nitrogens with zero attached hydrogens (tertiary/aromatic N) is 2. The number of hydrogen-bond donors (Lipinski definition) is 1. The van der Waals surface area contributed by atoms with Crippen molar-refractivity contribution < 1.29 is 9.59 Å². The van der Waals surface area contributed by atoms with Crippen LogP contribution in [0.25, 0.3) is 0 Å². The van der Waals surface area contributed by atoms with E-state index < -0.39 is 0 Å². The zero-order chi connectivity index (χ0) is 18.6. The van der Waals surface area contributed by atoms with Crippen molar-refractivity contribution in [3.63, 3.8) is 0 Å². The molecule has 0 aromatic heterocycles. The lowest BCUT2D eigenvalue weighted by atomic mass is 9.72. The Morgan fingerprint density at radius 3 is 2.54 bits per heavy atom. The van der Waals surface area contributed by atoms with Crippen LogP contribution in [0, 0.1) is 5.41 Å². The lowest BCUT2D eigenvalue weighted by Gasteiger charge is -2.48. The van der Waals surface area contributed by atoms with Gasteiger partial charge in [0.15, 0.2) is 0 Å². The van der Waals surface area contributed by atoms with Crippen LogP contribution in [0.4, 0.5) is 0 Å². The van der Waals surface area contributed by atoms with Gasteiger partial charge in [0.25, 0.3) is 0 Å². The van der Waals surface area contributed by atoms with Crippen molar-refractivity contribution in [2.45, 2.75) is 52.1 Å². The van der Waals surface area contributed by atoms with Crippen molar-refractivity contribution in [1.29, 1.82) is 0 Å². The molecule has 0 bridgehead atoms. The molecular weight excluding hydrogens is 326 g/mol. The molecule has 2 amide bonds. The Morgan fingerprint density at radius 2 is 1.88 bits per heavy atom. The molecule has 0 saturated carbocycles. The van der Waals surface area contributed by atoms with Gasteiger partial charge in [-0.3, -0.25) is 14.5 Å². The lowest BCUT2D eigenvalue weighted by molar-refractivity contribution is -0.139. The minimum absolute atomic E-state index is 0.0961. The molecule has 5 nitrogen and oxygen atoms in total. The number of carbonyl (C=O) groups excluding carboxylic acids is 2. The highest BCUT2D eigenvalue weighted by Crippen LogP contribution is 2.40. The molecule has 1 aromatic carbocycles. The Kier molecular flexibility index (Phi) is 5.97. The van der Waals surface area contributed by atoms with Crippen LogP contribution in [0.15, 0.2) is 30.3 Å². The van der Waals surface area contributed by atoms with Crippen molar-refractivity contribution in [1.82, 2.24) is 15.1 Å². The van der Waals surface area contributed by atoms with Crippen LogP contribution < -0.4 is 5.32 Å². The second kappa shape index (κ2) is 8.21. The molecule has 2 fully saturated rings. The van der Waals surface area contributed by atoms with Crippen molar-refractivity contribution >= 4 is 11.8 Å². The van der Waals surface area contributed by atoms with Gasteiger partial charge in [-0.1, -0.05) is 30.3 Å². The number of likely N-dealkylation sites (tertiary alicyclic amines) is 2. The number of benzene rings is 1. The molecule has 142 valence electrons. The standard InChI is InChI=1S/C21H31N3O2/c1-3-23-16-21(10-9-19(23)25)11-13-24(14-12-21)17(2)20(26)22-15-18-7-5-4-6-8-18/h4-8,17H,3,9-16H2,1-2H3,(H,22,26). The van der Waals surface area contributed by atoms with Gasteiger partial charge in [0.05, 0.1) is 6.04 Å². The Hall–Kier alpha value is -1.88. The molecule has 1 aromatic rings. The van der Waals surface area contributed by atoms with E-state index in [-0.39, 0.29) is 17.4 Å². The number of rotatable bonds is 5. The first-order valence-corrected chi connectivity index (χ1v) is 9.86. The molecule has 2 aliphatic rings. The fourth-order valence-corrected chi connectivity index (χ4v) is 4.28. The summed E-state index contributed by atoms with van der Waals surface area (Å²) in [4.78, 5) is 28.8. The Labute approximate surface area is 156 Å². The largest absolute Gasteiger partial charge is 0.351 e. The average Bonchev–Trinajstić information content (AvgIpc) is 2.69. The molecule has 0 aliphatic carbocycles. The van der Waals surface area contributed by atoms with Crippen LogP contribution in [-0.4, -0.2) is 53.8 Å². The molecule has 0 radical (unpaired) electrons. The maximum Gasteiger partial charge on any atom is 0.237 e. The third-order valence-electron chi connectivity index (χ3n) is 6.23. The number of piperidine rings is 2. The monoisotopic (exact) mass is 357 g/mol. The van der Waals surface area contributed by atoms with E-state index in [1.165, 1.54) is 0 Å². The maximum absolute atomic E-state index is 12.5. The van der Waals surface area contributed by atoms with Crippen molar-refractivity contribution in [3.8, 4) is 0 Å². The van der Waals surface area contributed by atoms with Gasteiger partial charge in [-0.15, -0.1) is 0 Å². The summed E-state index contributed by atoms with van der Waals surface area (Å²) in [6.45, 7) is 8.21. The van der Waals surface area contributed by atoms with E-state index in [1.807, 2.05) is 42.2 Å². The summed E-state index contributed by atoms with van der Waals surface area (Å²) in [6.07, 6.45) is 3.84. The van der Waals surface area contributed by atoms with Crippen molar-refractivity contribution in [2.75, 3.05) is 26.2 Å². The second-order valence-corrected chi connectivity index (χ2v) is 7.82. The average molecular weight is 357 g/mol. The summed E-state index contributed by atoms with van der Waals surface area (Å²) < 4.78 is 0. The molecule has 1 unspecified atom stereocenters. The van der Waals surface area contributed by atoms with Gasteiger partial charge in [-0.05, 0) is 57.2 Å². The molecule has 1 N–H and O–H groups in total. The summed E-state index contributed by atoms with van der Waals surface area (Å²) in [5.41, 5.74) is 1.39. The Balaban J connectivity index is 1.49. The first-order valence-electron chi connectivity index (χ1n) is 9.86. The molecule has 3 rings (SSSR count). The third kappa shape index (κ3) is 4.26. The molecule has 5 heteroatoms. The zero-order valence-corrected chi connectivity index (χ0v) is 16.0. The maximum atomic E-state index is 12.5. The number of amides is 2. The molecular formula is C21H31N3O2. The zero-order valence-electron chi connectivity index (χ0n) is 16.0. The number of nitrogens with one attached hydrogen (secondary N) is 1. The summed E-state index contributed by atoms with van der Waals surface area (Å²) in [7, 11) is 0. The van der Waals surface area contributed by atoms with E-state index in [0.29, 0.717) is 18.9 Å². The highest BCUT2D eigenvalue weighted by molar-refractivity contribution is 5.81. The molecule has 1 atom stereocenters. The van der Waals surface area contributed by atoms with E-state index in [1.54, 1.807) is 0 Å². The Bertz CT molecular complexity index is 623. The summed E-state index contributed by atoms with van der Waals surface area (Å²) in [6, 6.07) is 9.91. The first-order chi connectivity index (χ1) is 12.5. The number of hydrogen-bond acceptors (Lipinski definition) is 3. The fraction of sp³-hybridized carbons (Fsp3) is 0.619. The van der Waals surface area contributed by atoms with E-state index in [0.717, 1.165) is 51.0 Å². The highest BCUT2D eigenvalue weighted by atomic mass is 16.2. The minimum atomic E-state index is -0.108. The molecule has 2 aliphatic heterocycles. The van der Waals surface area contributed by atoms with Gasteiger partial charge < -0.3 is 10.2 Å². The Morgan fingerprint density at radius 1 is 1.19 bits per heavy atom. The third-order valence-corrected chi connectivity index (χ3v) is 6.23. The predicted octanol–water partition coefficient (Wildman–Crippen LogP) is 2.42. The van der Waals surface area contributed by atoms with E-state index >= 15 is 0 Å². The van der Waals surface area contributed by atoms with Gasteiger partial charge >= 0.3 is 0 Å². The van der Waals surface area contributed by atoms with Crippen LogP contribution in [-0.2, 0) is 16.1 Å². The topological polar surface area (TPSA) is 52.7 Å². The van der Waals surface area contributed by atoms with Gasteiger partial charge in [-0.2, -0.15) is 0 Å². The van der Waals surface area contributed by atoms with Gasteiger partial charge in [0.2, 0.25) is 11.8 Å². The summed E-state index contributed by atoms with van der Waals surface area (Å²) in [5.74, 6) is 0.396. The summed E-state index contributed by atoms with van der Waals surface area (Å²) >= 11 is 0. The lowest BCUT2D eigenvalue weighted by Crippen LogP contribution is -2.54.